The smallest absolute Gasteiger partial charge is 0.264 e. The number of benzene rings is 1. The molecule has 0 saturated carbocycles. The molecule has 2 aliphatic heterocycles. The van der Waals surface area contributed by atoms with Crippen molar-refractivity contribution in [3.05, 3.63) is 59.7 Å². The van der Waals surface area contributed by atoms with E-state index in [0.717, 1.165) is 4.90 Å². The van der Waals surface area contributed by atoms with Crippen LogP contribution in [0.15, 0.2) is 43.0 Å². The van der Waals surface area contributed by atoms with E-state index in [0.29, 0.717) is 89.1 Å². The molecule has 1 atom stereocenters. The molecule has 18 nitrogen and oxygen atoms in total. The molecular weight excluding hydrogens is 680 g/mol. The van der Waals surface area contributed by atoms with Crippen molar-refractivity contribution in [3.63, 3.8) is 0 Å². The van der Waals surface area contributed by atoms with Crippen molar-refractivity contribution in [1.29, 1.82) is 0 Å². The van der Waals surface area contributed by atoms with Gasteiger partial charge in [0.05, 0.1) is 62.8 Å². The lowest BCUT2D eigenvalue weighted by molar-refractivity contribution is -0.136. The van der Waals surface area contributed by atoms with Crippen molar-refractivity contribution in [2.75, 3.05) is 58.0 Å². The largest absolute Gasteiger partial charge is 0.493 e. The molecule has 0 bridgehead atoms. The molecule has 0 radical (unpaired) electrons. The van der Waals surface area contributed by atoms with Crippen molar-refractivity contribution in [1.82, 2.24) is 30.1 Å². The Bertz CT molecular complexity index is 1810. The number of amides is 6. The summed E-state index contributed by atoms with van der Waals surface area (Å²) in [5.74, 6) is -3.57. The van der Waals surface area contributed by atoms with Gasteiger partial charge < -0.3 is 40.3 Å². The van der Waals surface area contributed by atoms with E-state index in [1.54, 1.807) is 24.7 Å². The summed E-state index contributed by atoms with van der Waals surface area (Å²) in [7, 11) is 0. The Kier molecular flexibility index (Phi) is 13.0. The van der Waals surface area contributed by atoms with Gasteiger partial charge in [0, 0.05) is 56.1 Å². The minimum absolute atomic E-state index is 0.0517. The molecule has 0 spiro atoms. The molecule has 4 heterocycles. The Morgan fingerprint density at radius 1 is 0.981 bits per heavy atom. The zero-order valence-electron chi connectivity index (χ0n) is 28.3. The number of nitrogens with zero attached hydrogens (tertiary/aromatic N) is 4. The van der Waals surface area contributed by atoms with E-state index in [2.05, 4.69) is 25.9 Å². The Hall–Kier alpha value is -5.72. The van der Waals surface area contributed by atoms with Crippen molar-refractivity contribution in [2.24, 2.45) is 5.73 Å². The molecule has 1 fully saturated rings. The number of rotatable bonds is 20. The van der Waals surface area contributed by atoms with Gasteiger partial charge in [-0.3, -0.25) is 39.0 Å². The fraction of sp³-hybridized carbons (Fsp3) is 0.412. The summed E-state index contributed by atoms with van der Waals surface area (Å²) in [5.41, 5.74) is 7.09. The standard InChI is InChI=1S/C34H40N8O10/c35-30(45)23-17-21(18-38-31(23)46)25-19-41(20-39-25)10-2-5-27(43)37-9-12-51-14-16-52-15-13-50-11-8-36-24-4-1-3-22-29(24)34(49)42(33(22)48)26-6-7-28(44)40-32(26)47/h1,3-4,17-20,26,36H,2,5-16H2,(H2,35,45)(H,37,43)(H,38,46)(H,40,44,47). The maximum absolute atomic E-state index is 13.2. The van der Waals surface area contributed by atoms with Crippen molar-refractivity contribution < 1.29 is 48.1 Å². The molecule has 2 aliphatic rings. The van der Waals surface area contributed by atoms with Gasteiger partial charge in [-0.1, -0.05) is 6.07 Å². The number of carbonyl (C=O) groups is 6. The Morgan fingerprint density at radius 2 is 1.71 bits per heavy atom. The summed E-state index contributed by atoms with van der Waals surface area (Å²) in [6.07, 6.45) is 5.79. The van der Waals surface area contributed by atoms with E-state index in [1.165, 1.54) is 18.3 Å². The Balaban J connectivity index is 0.868. The fourth-order valence-corrected chi connectivity index (χ4v) is 5.65. The van der Waals surface area contributed by atoms with E-state index >= 15 is 0 Å². The van der Waals surface area contributed by atoms with Crippen LogP contribution in [0.3, 0.4) is 0 Å². The first-order valence-corrected chi connectivity index (χ1v) is 16.7. The number of aromatic nitrogens is 3. The number of piperidine rings is 1. The summed E-state index contributed by atoms with van der Waals surface area (Å²) < 4.78 is 18.4. The minimum atomic E-state index is -1.03. The van der Waals surface area contributed by atoms with Crippen LogP contribution >= 0.6 is 0 Å². The van der Waals surface area contributed by atoms with Gasteiger partial charge in [-0.2, -0.15) is 0 Å². The minimum Gasteiger partial charge on any atom is -0.493 e. The van der Waals surface area contributed by atoms with Gasteiger partial charge >= 0.3 is 0 Å². The fourth-order valence-electron chi connectivity index (χ4n) is 5.65. The monoisotopic (exact) mass is 720 g/mol. The number of imide groups is 2. The van der Waals surface area contributed by atoms with Crippen LogP contribution in [0.5, 0.6) is 5.88 Å². The molecule has 0 aliphatic carbocycles. The maximum atomic E-state index is 13.2. The van der Waals surface area contributed by atoms with Crippen LogP contribution in [-0.2, 0) is 35.1 Å². The summed E-state index contributed by atoms with van der Waals surface area (Å²) in [6.45, 7) is 3.27. The number of pyridine rings is 1. The first-order chi connectivity index (χ1) is 25.1. The van der Waals surface area contributed by atoms with Gasteiger partial charge in [-0.05, 0) is 31.0 Å². The Morgan fingerprint density at radius 3 is 2.44 bits per heavy atom. The second-order valence-corrected chi connectivity index (χ2v) is 11.8. The topological polar surface area (TPSA) is 246 Å². The molecule has 2 aromatic heterocycles. The van der Waals surface area contributed by atoms with Crippen LogP contribution in [-0.4, -0.2) is 119 Å². The van der Waals surface area contributed by atoms with Gasteiger partial charge in [0.1, 0.15) is 11.6 Å². The van der Waals surface area contributed by atoms with Crippen LogP contribution in [0, 0.1) is 0 Å². The number of primary amides is 1. The van der Waals surface area contributed by atoms with Gasteiger partial charge in [-0.15, -0.1) is 0 Å². The third kappa shape index (κ3) is 9.53. The highest BCUT2D eigenvalue weighted by molar-refractivity contribution is 6.25. The number of hydrogen-bond acceptors (Lipinski definition) is 13. The second kappa shape index (κ2) is 18.0. The SMILES string of the molecule is NC(=O)c1cc(-c2cn(CCCC(=O)NCCOCCOCCOCCNc3cccc4c3C(=O)N(C3CCC(=O)NC3=O)C4=O)cn2)cnc1O. The van der Waals surface area contributed by atoms with Crippen LogP contribution in [0.2, 0.25) is 0 Å². The molecule has 276 valence electrons. The van der Waals surface area contributed by atoms with E-state index in [9.17, 15) is 33.9 Å². The van der Waals surface area contributed by atoms with E-state index < -0.39 is 41.5 Å². The average molecular weight is 721 g/mol. The number of imidazole rings is 1. The zero-order valence-corrected chi connectivity index (χ0v) is 28.3. The third-order valence-corrected chi connectivity index (χ3v) is 8.22. The van der Waals surface area contributed by atoms with Crippen LogP contribution < -0.4 is 21.7 Å². The van der Waals surface area contributed by atoms with Crippen LogP contribution in [0.4, 0.5) is 5.69 Å². The zero-order chi connectivity index (χ0) is 37.0. The molecular formula is C34H40N8O10. The normalized spacial score (nSPS) is 15.5. The summed E-state index contributed by atoms with van der Waals surface area (Å²) in [6, 6.07) is 5.26. The number of aryl methyl sites for hydroxylation is 1. The second-order valence-electron chi connectivity index (χ2n) is 11.8. The van der Waals surface area contributed by atoms with Gasteiger partial charge in [0.2, 0.25) is 23.6 Å². The molecule has 5 rings (SSSR count). The summed E-state index contributed by atoms with van der Waals surface area (Å²) in [5, 5.41) is 17.8. The number of fused-ring (bicyclic) bond motifs is 1. The van der Waals surface area contributed by atoms with Crippen molar-refractivity contribution in [3.8, 4) is 17.1 Å². The number of nitrogens with one attached hydrogen (secondary N) is 3. The van der Waals surface area contributed by atoms with E-state index in [1.807, 2.05) is 4.57 Å². The molecule has 18 heteroatoms. The van der Waals surface area contributed by atoms with Gasteiger partial charge in [-0.25, -0.2) is 9.97 Å². The molecule has 1 saturated heterocycles. The summed E-state index contributed by atoms with van der Waals surface area (Å²) >= 11 is 0. The first kappa shape index (κ1) is 37.5. The predicted molar refractivity (Wildman–Crippen MR) is 182 cm³/mol. The molecule has 1 aromatic carbocycles. The third-order valence-electron chi connectivity index (χ3n) is 8.22. The maximum Gasteiger partial charge on any atom is 0.264 e. The number of nitrogens with two attached hydrogens (primary N) is 1. The lowest BCUT2D eigenvalue weighted by atomic mass is 10.0. The Labute approximate surface area is 298 Å². The number of ether oxygens (including phenoxy) is 3. The molecule has 1 unspecified atom stereocenters. The molecule has 3 aromatic rings. The predicted octanol–water partition coefficient (Wildman–Crippen LogP) is 0.209. The number of anilines is 1. The lowest BCUT2D eigenvalue weighted by Gasteiger charge is -2.27. The van der Waals surface area contributed by atoms with Crippen LogP contribution in [0.25, 0.3) is 11.3 Å². The van der Waals surface area contributed by atoms with Crippen LogP contribution in [0.1, 0.15) is 56.8 Å². The van der Waals surface area contributed by atoms with Gasteiger partial charge in [0.15, 0.2) is 0 Å². The number of aromatic hydroxyl groups is 1. The quantitative estimate of drug-likeness (QED) is 0.0775. The highest BCUT2D eigenvalue weighted by atomic mass is 16.5. The molecule has 6 N–H and O–H groups in total. The highest BCUT2D eigenvalue weighted by Gasteiger charge is 2.45. The lowest BCUT2D eigenvalue weighted by Crippen LogP contribution is -2.54. The first-order valence-electron chi connectivity index (χ1n) is 16.7. The summed E-state index contributed by atoms with van der Waals surface area (Å²) in [4.78, 5) is 82.5. The van der Waals surface area contributed by atoms with Crippen molar-refractivity contribution >= 4 is 41.1 Å². The van der Waals surface area contributed by atoms with E-state index in [4.69, 9.17) is 19.9 Å². The van der Waals surface area contributed by atoms with Gasteiger partial charge in [0.25, 0.3) is 17.7 Å². The number of hydrogen-bond donors (Lipinski definition) is 5. The highest BCUT2D eigenvalue weighted by Crippen LogP contribution is 2.32. The van der Waals surface area contributed by atoms with E-state index in [-0.39, 0.29) is 35.4 Å². The average Bonchev–Trinajstić information content (AvgIpc) is 3.69. The number of carbonyl (C=O) groups excluding carboxylic acids is 6. The van der Waals surface area contributed by atoms with Crippen molar-refractivity contribution in [2.45, 2.75) is 38.3 Å². The molecule has 6 amide bonds. The molecule has 52 heavy (non-hydrogen) atoms.